The lowest BCUT2D eigenvalue weighted by atomic mass is 10.0. The second-order valence-electron chi connectivity index (χ2n) is 8.12. The van der Waals surface area contributed by atoms with Crippen molar-refractivity contribution in [2.45, 2.75) is 12.3 Å². The molecule has 5 heteroatoms. The van der Waals surface area contributed by atoms with Crippen molar-refractivity contribution in [3.8, 4) is 11.1 Å². The van der Waals surface area contributed by atoms with Crippen LogP contribution in [0.5, 0.6) is 0 Å². The van der Waals surface area contributed by atoms with Gasteiger partial charge < -0.3 is 5.32 Å². The van der Waals surface area contributed by atoms with Gasteiger partial charge in [0.1, 0.15) is 18.2 Å². The second kappa shape index (κ2) is 9.52. The predicted molar refractivity (Wildman–Crippen MR) is 140 cm³/mol. The van der Waals surface area contributed by atoms with Gasteiger partial charge in [-0.05, 0) is 47.5 Å². The minimum absolute atomic E-state index is 0.0322. The van der Waals surface area contributed by atoms with Gasteiger partial charge in [0.05, 0.1) is 0 Å². The molecule has 0 bridgehead atoms. The zero-order valence-corrected chi connectivity index (χ0v) is 20.5. The molecule has 0 aromatic heterocycles. The summed E-state index contributed by atoms with van der Waals surface area (Å²) >= 11 is 9.97. The van der Waals surface area contributed by atoms with Crippen LogP contribution in [0, 0.1) is 0 Å². The first-order chi connectivity index (χ1) is 16.1. The smallest absolute Gasteiger partial charge is 0.132 e. The summed E-state index contributed by atoms with van der Waals surface area (Å²) < 4.78 is 0.942. The second-order valence-corrected chi connectivity index (χ2v) is 9.47. The van der Waals surface area contributed by atoms with Crippen LogP contribution in [0.1, 0.15) is 29.0 Å². The Morgan fingerprint density at radius 3 is 2.03 bits per heavy atom. The van der Waals surface area contributed by atoms with Crippen LogP contribution in [0.25, 0.3) is 11.1 Å². The van der Waals surface area contributed by atoms with Crippen LogP contribution in [-0.2, 0) is 0 Å². The number of nitrogens with one attached hydrogen (secondary N) is 1. The fraction of sp³-hybridized carbons (Fsp3) is 0.107. The van der Waals surface area contributed by atoms with Crippen LogP contribution in [0.3, 0.4) is 0 Å². The van der Waals surface area contributed by atoms with Crippen LogP contribution in [0.4, 0.5) is 0 Å². The number of amidine groups is 1. The van der Waals surface area contributed by atoms with E-state index < -0.39 is 0 Å². The van der Waals surface area contributed by atoms with Crippen molar-refractivity contribution in [1.29, 1.82) is 0 Å². The first-order valence-corrected chi connectivity index (χ1v) is 12.0. The zero-order valence-electron chi connectivity index (χ0n) is 18.1. The highest BCUT2D eigenvalue weighted by Crippen LogP contribution is 2.35. The summed E-state index contributed by atoms with van der Waals surface area (Å²) in [5.41, 5.74) is 5.65. The third-order valence-electron chi connectivity index (χ3n) is 5.88. The number of rotatable bonds is 4. The molecule has 0 saturated carbocycles. The lowest BCUT2D eigenvalue weighted by Crippen LogP contribution is -2.45. The van der Waals surface area contributed by atoms with E-state index in [2.05, 4.69) is 112 Å². The molecule has 2 unspecified atom stereocenters. The topological polar surface area (TPSA) is 27.6 Å². The average molecular weight is 517 g/mol. The van der Waals surface area contributed by atoms with Crippen molar-refractivity contribution in [2.24, 2.45) is 4.99 Å². The summed E-state index contributed by atoms with van der Waals surface area (Å²) in [4.78, 5) is 7.35. The van der Waals surface area contributed by atoms with Gasteiger partial charge in [0.2, 0.25) is 0 Å². The molecule has 1 heterocycles. The Kier molecular flexibility index (Phi) is 6.32. The summed E-state index contributed by atoms with van der Waals surface area (Å²) in [5, 5.41) is 4.34. The average Bonchev–Trinajstić information content (AvgIpc) is 2.85. The number of hydrogen-bond acceptors (Lipinski definition) is 3. The first-order valence-electron chi connectivity index (χ1n) is 10.8. The zero-order chi connectivity index (χ0) is 22.8. The van der Waals surface area contributed by atoms with Crippen LogP contribution >= 0.6 is 27.5 Å². The van der Waals surface area contributed by atoms with E-state index in [4.69, 9.17) is 16.6 Å². The quantitative estimate of drug-likeness (QED) is 0.305. The number of benzene rings is 4. The standard InChI is InChI=1S/C28H23BrClN3/c1-33-27(22-10-6-3-7-11-22)31-26(32-28(33)23-16-24(29)18-25(30)17-23)21-14-12-20(13-15-21)19-8-4-2-5-9-19/h2-18,27-28H,1H3,(H,31,32). The van der Waals surface area contributed by atoms with Crippen LogP contribution in [-0.4, -0.2) is 17.8 Å². The van der Waals surface area contributed by atoms with Gasteiger partial charge in [0.25, 0.3) is 0 Å². The molecule has 3 nitrogen and oxygen atoms in total. The summed E-state index contributed by atoms with van der Waals surface area (Å²) in [7, 11) is 2.09. The summed E-state index contributed by atoms with van der Waals surface area (Å²) in [6, 6.07) is 35.4. The van der Waals surface area contributed by atoms with Crippen molar-refractivity contribution in [1.82, 2.24) is 10.2 Å². The maximum Gasteiger partial charge on any atom is 0.132 e. The Labute approximate surface area is 207 Å². The van der Waals surface area contributed by atoms with Gasteiger partial charge >= 0.3 is 0 Å². The molecular formula is C28H23BrClN3. The Bertz CT molecular complexity index is 1250. The maximum absolute atomic E-state index is 6.39. The SMILES string of the molecule is CN1C(c2cc(Cl)cc(Br)c2)N=C(c2ccc(-c3ccccc3)cc2)NC1c1ccccc1. The molecular weight excluding hydrogens is 494 g/mol. The molecule has 0 aliphatic carbocycles. The molecule has 164 valence electrons. The highest BCUT2D eigenvalue weighted by atomic mass is 79.9. The highest BCUT2D eigenvalue weighted by molar-refractivity contribution is 9.10. The molecule has 4 aromatic rings. The van der Waals surface area contributed by atoms with Gasteiger partial charge in [-0.2, -0.15) is 0 Å². The van der Waals surface area contributed by atoms with E-state index in [0.717, 1.165) is 21.4 Å². The van der Waals surface area contributed by atoms with Crippen molar-refractivity contribution in [2.75, 3.05) is 7.05 Å². The van der Waals surface area contributed by atoms with Crippen LogP contribution < -0.4 is 5.32 Å². The van der Waals surface area contributed by atoms with E-state index in [-0.39, 0.29) is 12.3 Å². The minimum atomic E-state index is -0.185. The third kappa shape index (κ3) is 4.74. The normalized spacial score (nSPS) is 18.5. The van der Waals surface area contributed by atoms with Gasteiger partial charge in [-0.1, -0.05) is 112 Å². The summed E-state index contributed by atoms with van der Waals surface area (Å²) in [6.45, 7) is 0. The van der Waals surface area contributed by atoms with Crippen molar-refractivity contribution >= 4 is 33.4 Å². The van der Waals surface area contributed by atoms with Crippen molar-refractivity contribution < 1.29 is 0 Å². The lowest BCUT2D eigenvalue weighted by Gasteiger charge is -2.39. The van der Waals surface area contributed by atoms with Gasteiger partial charge in [-0.15, -0.1) is 0 Å². The molecule has 0 radical (unpaired) electrons. The Morgan fingerprint density at radius 1 is 0.758 bits per heavy atom. The highest BCUT2D eigenvalue weighted by Gasteiger charge is 2.31. The van der Waals surface area contributed by atoms with Gasteiger partial charge in [-0.25, -0.2) is 4.99 Å². The molecule has 4 aromatic carbocycles. The van der Waals surface area contributed by atoms with Crippen LogP contribution in [0.15, 0.2) is 113 Å². The largest absolute Gasteiger partial charge is 0.350 e. The van der Waals surface area contributed by atoms with Crippen molar-refractivity contribution in [3.05, 3.63) is 129 Å². The first kappa shape index (κ1) is 21.9. The molecule has 1 aliphatic rings. The molecule has 1 N–H and O–H groups in total. The number of halogens is 2. The molecule has 5 rings (SSSR count). The summed E-state index contributed by atoms with van der Waals surface area (Å²) in [6.07, 6.45) is -0.217. The van der Waals surface area contributed by atoms with E-state index in [1.54, 1.807) is 0 Å². The molecule has 0 amide bonds. The number of aliphatic imine (C=N–C) groups is 1. The monoisotopic (exact) mass is 515 g/mol. The lowest BCUT2D eigenvalue weighted by molar-refractivity contribution is 0.152. The van der Waals surface area contributed by atoms with E-state index >= 15 is 0 Å². The van der Waals surface area contributed by atoms with E-state index in [1.807, 2.05) is 24.3 Å². The molecule has 0 spiro atoms. The van der Waals surface area contributed by atoms with Gasteiger partial charge in [0.15, 0.2) is 0 Å². The predicted octanol–water partition coefficient (Wildman–Crippen LogP) is 7.45. The number of hydrogen-bond donors (Lipinski definition) is 1. The Morgan fingerprint density at radius 2 is 1.36 bits per heavy atom. The minimum Gasteiger partial charge on any atom is -0.350 e. The van der Waals surface area contributed by atoms with E-state index in [9.17, 15) is 0 Å². The Balaban J connectivity index is 1.56. The third-order valence-corrected chi connectivity index (χ3v) is 6.56. The molecule has 0 saturated heterocycles. The van der Waals surface area contributed by atoms with Gasteiger partial charge in [-0.3, -0.25) is 4.90 Å². The molecule has 33 heavy (non-hydrogen) atoms. The molecule has 1 aliphatic heterocycles. The van der Waals surface area contributed by atoms with Crippen molar-refractivity contribution in [3.63, 3.8) is 0 Å². The Hall–Kier alpha value is -2.92. The maximum atomic E-state index is 6.39. The van der Waals surface area contributed by atoms with E-state index in [1.165, 1.54) is 16.7 Å². The molecule has 2 atom stereocenters. The van der Waals surface area contributed by atoms with E-state index in [0.29, 0.717) is 5.02 Å². The fourth-order valence-corrected chi connectivity index (χ4v) is 5.11. The summed E-state index contributed by atoms with van der Waals surface area (Å²) in [5.74, 6) is 0.864. The molecule has 0 fully saturated rings. The fourth-order valence-electron chi connectivity index (χ4n) is 4.22. The van der Waals surface area contributed by atoms with Gasteiger partial charge in [0, 0.05) is 15.1 Å². The van der Waals surface area contributed by atoms with Crippen LogP contribution in [0.2, 0.25) is 5.02 Å². The number of nitrogens with zero attached hydrogens (tertiary/aromatic N) is 2.